The van der Waals surface area contributed by atoms with Crippen molar-refractivity contribution in [1.82, 2.24) is 0 Å². The highest BCUT2D eigenvalue weighted by atomic mass is 15.2. The molecule has 0 amide bonds. The van der Waals surface area contributed by atoms with Crippen molar-refractivity contribution in [3.63, 3.8) is 0 Å². The van der Waals surface area contributed by atoms with Gasteiger partial charge in [-0.05, 0) is 108 Å². The lowest BCUT2D eigenvalue weighted by atomic mass is 9.81. The van der Waals surface area contributed by atoms with E-state index in [0.717, 1.165) is 65.2 Å². The molecule has 7 aromatic carbocycles. The first-order valence-electron chi connectivity index (χ1n) is 22.0. The number of allylic oxidation sites excluding steroid dienone is 11. The Bertz CT molecular complexity index is 2820. The lowest BCUT2D eigenvalue weighted by Gasteiger charge is -2.35. The van der Waals surface area contributed by atoms with Gasteiger partial charge in [-0.2, -0.15) is 0 Å². The van der Waals surface area contributed by atoms with E-state index >= 15 is 0 Å². The molecule has 0 fully saturated rings. The second kappa shape index (κ2) is 18.1. The molecule has 10 rings (SSSR count). The Morgan fingerprint density at radius 2 is 0.984 bits per heavy atom. The zero-order valence-corrected chi connectivity index (χ0v) is 35.0. The normalized spacial score (nSPS) is 16.9. The van der Waals surface area contributed by atoms with Crippen LogP contribution in [0.15, 0.2) is 254 Å². The fourth-order valence-corrected chi connectivity index (χ4v) is 9.34. The van der Waals surface area contributed by atoms with Crippen molar-refractivity contribution >= 4 is 34.0 Å². The summed E-state index contributed by atoms with van der Waals surface area (Å²) < 4.78 is 0. The van der Waals surface area contributed by atoms with Gasteiger partial charge in [-0.15, -0.1) is 0 Å². The van der Waals surface area contributed by atoms with E-state index in [4.69, 9.17) is 0 Å². The summed E-state index contributed by atoms with van der Waals surface area (Å²) >= 11 is 0. The first-order chi connectivity index (χ1) is 30.8. The van der Waals surface area contributed by atoms with Crippen molar-refractivity contribution in [1.29, 1.82) is 0 Å². The first kappa shape index (κ1) is 38.8. The van der Waals surface area contributed by atoms with Gasteiger partial charge < -0.3 is 9.80 Å². The van der Waals surface area contributed by atoms with Crippen LogP contribution in [0, 0.1) is 5.92 Å². The summed E-state index contributed by atoms with van der Waals surface area (Å²) in [7, 11) is 0. The third-order valence-electron chi connectivity index (χ3n) is 12.5. The molecular formula is C60H50N2. The van der Waals surface area contributed by atoms with Gasteiger partial charge in [0, 0.05) is 45.7 Å². The van der Waals surface area contributed by atoms with E-state index in [1.165, 1.54) is 39.1 Å². The second-order valence-electron chi connectivity index (χ2n) is 16.3. The molecule has 0 saturated carbocycles. The SMILES string of the molecule is C1=CCCC(C2C=CC(N(c3ccccc3)c3ccccc3-c3ccccc3N(c3ccc(-c4ccccc4)cc3)c3ccc(C4C=CC=CC4)cc3)=C(c3ccccc3)C2)=C1. The Balaban J connectivity index is 1.13. The molecule has 2 heteroatoms. The average molecular weight is 799 g/mol. The lowest BCUT2D eigenvalue weighted by Crippen LogP contribution is -2.21. The van der Waals surface area contributed by atoms with Gasteiger partial charge in [0.2, 0.25) is 0 Å². The van der Waals surface area contributed by atoms with E-state index in [2.05, 4.69) is 253 Å². The predicted molar refractivity (Wildman–Crippen MR) is 263 cm³/mol. The van der Waals surface area contributed by atoms with Crippen molar-refractivity contribution in [2.45, 2.75) is 31.6 Å². The van der Waals surface area contributed by atoms with E-state index in [0.29, 0.717) is 11.8 Å². The summed E-state index contributed by atoms with van der Waals surface area (Å²) in [4.78, 5) is 4.93. The standard InChI is InChI=1S/C60H50N2/c1-6-20-45(21-7-1)48-34-39-53(40-35-48)61(54-41-36-49(37-42-54)46-22-8-2-9-23-46)58-32-18-16-30-55(58)56-31-17-19-33-59(56)62(52-28-14-5-15-29-52)60-43-38-51(47-24-10-3-11-25-47)44-57(60)50-26-12-4-13-27-50/h1-10,12-22,24,26-43,46,51H,11,23,25,44H2. The minimum absolute atomic E-state index is 0.353. The molecule has 2 atom stereocenters. The molecule has 300 valence electrons. The summed E-state index contributed by atoms with van der Waals surface area (Å²) in [6.07, 6.45) is 24.7. The summed E-state index contributed by atoms with van der Waals surface area (Å²) in [5.74, 6) is 0.734. The molecule has 0 aromatic heterocycles. The van der Waals surface area contributed by atoms with Crippen LogP contribution in [0.3, 0.4) is 0 Å². The molecule has 0 spiro atoms. The smallest absolute Gasteiger partial charge is 0.0540 e. The van der Waals surface area contributed by atoms with Crippen LogP contribution in [-0.2, 0) is 0 Å². The lowest BCUT2D eigenvalue weighted by molar-refractivity contribution is 0.715. The van der Waals surface area contributed by atoms with Gasteiger partial charge in [0.05, 0.1) is 11.4 Å². The molecule has 62 heavy (non-hydrogen) atoms. The number of anilines is 5. The van der Waals surface area contributed by atoms with Gasteiger partial charge in [0.25, 0.3) is 0 Å². The van der Waals surface area contributed by atoms with Crippen LogP contribution in [0.2, 0.25) is 0 Å². The highest BCUT2D eigenvalue weighted by Gasteiger charge is 2.28. The van der Waals surface area contributed by atoms with Crippen LogP contribution < -0.4 is 9.80 Å². The Morgan fingerprint density at radius 3 is 1.61 bits per heavy atom. The van der Waals surface area contributed by atoms with Gasteiger partial charge >= 0.3 is 0 Å². The molecule has 2 nitrogen and oxygen atoms in total. The van der Waals surface area contributed by atoms with Gasteiger partial charge in [0.1, 0.15) is 0 Å². The van der Waals surface area contributed by atoms with Crippen LogP contribution in [0.1, 0.15) is 42.7 Å². The summed E-state index contributed by atoms with van der Waals surface area (Å²) in [6, 6.07) is 68.7. The topological polar surface area (TPSA) is 6.48 Å². The van der Waals surface area contributed by atoms with Crippen LogP contribution in [0.25, 0.3) is 27.8 Å². The van der Waals surface area contributed by atoms with Crippen molar-refractivity contribution < 1.29 is 0 Å². The number of benzene rings is 7. The number of nitrogens with zero attached hydrogens (tertiary/aromatic N) is 2. The van der Waals surface area contributed by atoms with Crippen molar-refractivity contribution in [3.8, 4) is 22.3 Å². The maximum Gasteiger partial charge on any atom is 0.0540 e. The van der Waals surface area contributed by atoms with E-state index in [9.17, 15) is 0 Å². The van der Waals surface area contributed by atoms with Gasteiger partial charge in [0.15, 0.2) is 0 Å². The number of hydrogen-bond donors (Lipinski definition) is 0. The maximum absolute atomic E-state index is 2.50. The van der Waals surface area contributed by atoms with Crippen molar-refractivity contribution in [3.05, 3.63) is 265 Å². The molecule has 3 aliphatic rings. The number of para-hydroxylation sites is 3. The molecule has 0 saturated heterocycles. The molecule has 3 aliphatic carbocycles. The Kier molecular flexibility index (Phi) is 11.3. The zero-order chi connectivity index (χ0) is 41.5. The van der Waals surface area contributed by atoms with Crippen molar-refractivity contribution in [2.75, 3.05) is 9.80 Å². The molecule has 0 heterocycles. The van der Waals surface area contributed by atoms with Crippen LogP contribution in [-0.4, -0.2) is 0 Å². The van der Waals surface area contributed by atoms with E-state index in [1.54, 1.807) is 0 Å². The van der Waals surface area contributed by atoms with Crippen molar-refractivity contribution in [2.24, 2.45) is 5.92 Å². The highest BCUT2D eigenvalue weighted by Crippen LogP contribution is 2.48. The van der Waals surface area contributed by atoms with Crippen LogP contribution >= 0.6 is 0 Å². The van der Waals surface area contributed by atoms with Gasteiger partial charge in [-0.25, -0.2) is 0 Å². The number of rotatable bonds is 11. The molecule has 7 aromatic rings. The average Bonchev–Trinajstić information content (AvgIpc) is 3.36. The molecule has 0 aliphatic heterocycles. The highest BCUT2D eigenvalue weighted by molar-refractivity contribution is 5.96. The zero-order valence-electron chi connectivity index (χ0n) is 35.0. The van der Waals surface area contributed by atoms with E-state index < -0.39 is 0 Å². The van der Waals surface area contributed by atoms with Gasteiger partial charge in [-0.1, -0.05) is 194 Å². The molecular weight excluding hydrogens is 749 g/mol. The first-order valence-corrected chi connectivity index (χ1v) is 22.0. The molecule has 0 N–H and O–H groups in total. The third kappa shape index (κ3) is 8.08. The minimum Gasteiger partial charge on any atom is -0.310 e. The Morgan fingerprint density at radius 1 is 0.419 bits per heavy atom. The van der Waals surface area contributed by atoms with Gasteiger partial charge in [-0.3, -0.25) is 0 Å². The van der Waals surface area contributed by atoms with E-state index in [-0.39, 0.29) is 0 Å². The molecule has 0 radical (unpaired) electrons. The summed E-state index contributed by atoms with van der Waals surface area (Å²) in [5.41, 5.74) is 16.9. The fraction of sp³-hybridized carbons (Fsp3) is 0.100. The summed E-state index contributed by atoms with van der Waals surface area (Å²) in [5, 5.41) is 0. The molecule has 0 bridgehead atoms. The van der Waals surface area contributed by atoms with Crippen LogP contribution in [0.4, 0.5) is 28.4 Å². The predicted octanol–water partition coefficient (Wildman–Crippen LogP) is 16.5. The minimum atomic E-state index is 0.353. The molecule has 2 unspecified atom stereocenters. The quantitative estimate of drug-likeness (QED) is 0.129. The van der Waals surface area contributed by atoms with E-state index in [1.807, 2.05) is 0 Å². The summed E-state index contributed by atoms with van der Waals surface area (Å²) in [6.45, 7) is 0. The fourth-order valence-electron chi connectivity index (χ4n) is 9.34. The maximum atomic E-state index is 2.50. The largest absolute Gasteiger partial charge is 0.310 e. The Labute approximate surface area is 367 Å². The van der Waals surface area contributed by atoms with Crippen LogP contribution in [0.5, 0.6) is 0 Å². The third-order valence-corrected chi connectivity index (χ3v) is 12.5. The Hall–Kier alpha value is -7.42. The second-order valence-corrected chi connectivity index (χ2v) is 16.3. The monoisotopic (exact) mass is 798 g/mol. The number of hydrogen-bond acceptors (Lipinski definition) is 2.